The van der Waals surface area contributed by atoms with Crippen LogP contribution in [-0.2, 0) is 9.59 Å². The number of carbonyl (C=O) groups excluding carboxylic acids is 2. The molecule has 2 rings (SSSR count). The van der Waals surface area contributed by atoms with Gasteiger partial charge in [-0.05, 0) is 25.5 Å². The summed E-state index contributed by atoms with van der Waals surface area (Å²) >= 11 is 0. The summed E-state index contributed by atoms with van der Waals surface area (Å²) in [6.45, 7) is 4.08. The predicted octanol–water partition coefficient (Wildman–Crippen LogP) is 1.03. The molecule has 0 saturated carbocycles. The molecule has 0 saturated heterocycles. The largest absolute Gasteiger partial charge is 0.508 e. The fraction of sp³-hybridized carbons (Fsp3) is 0.429. The van der Waals surface area contributed by atoms with E-state index in [1.54, 1.807) is 13.0 Å². The first kappa shape index (κ1) is 14.2. The molecule has 0 aliphatic carbocycles. The monoisotopic (exact) mass is 278 g/mol. The van der Waals surface area contributed by atoms with Crippen molar-refractivity contribution in [1.29, 1.82) is 0 Å². The molecule has 1 aliphatic heterocycles. The van der Waals surface area contributed by atoms with E-state index in [0.29, 0.717) is 18.0 Å². The number of fused-ring (bicyclic) bond motifs is 1. The van der Waals surface area contributed by atoms with Gasteiger partial charge in [-0.1, -0.05) is 6.92 Å². The van der Waals surface area contributed by atoms with Crippen molar-refractivity contribution in [3.8, 4) is 11.5 Å². The Labute approximate surface area is 117 Å². The molecule has 1 atom stereocenters. The van der Waals surface area contributed by atoms with Gasteiger partial charge in [0, 0.05) is 12.6 Å². The zero-order valence-corrected chi connectivity index (χ0v) is 11.5. The van der Waals surface area contributed by atoms with Crippen molar-refractivity contribution in [3.63, 3.8) is 0 Å². The molecule has 0 radical (unpaired) electrons. The molecule has 6 heteroatoms. The first-order valence-electron chi connectivity index (χ1n) is 6.60. The topological polar surface area (TPSA) is 78.9 Å². The van der Waals surface area contributed by atoms with Gasteiger partial charge in [0.15, 0.2) is 6.10 Å². The highest BCUT2D eigenvalue weighted by Gasteiger charge is 2.32. The lowest BCUT2D eigenvalue weighted by atomic mass is 10.1. The van der Waals surface area contributed by atoms with E-state index in [2.05, 4.69) is 5.32 Å². The number of phenolic OH excluding ortho intramolecular Hbond substituents is 1. The quantitative estimate of drug-likeness (QED) is 0.862. The third-order valence-corrected chi connectivity index (χ3v) is 3.02. The first-order chi connectivity index (χ1) is 9.52. The summed E-state index contributed by atoms with van der Waals surface area (Å²) in [5.74, 6) is -0.0230. The molecule has 108 valence electrons. The van der Waals surface area contributed by atoms with Gasteiger partial charge in [0.1, 0.15) is 18.0 Å². The summed E-state index contributed by atoms with van der Waals surface area (Å²) in [5.41, 5.74) is 0.416. The van der Waals surface area contributed by atoms with Crippen molar-refractivity contribution < 1.29 is 19.4 Å². The minimum Gasteiger partial charge on any atom is -0.508 e. The maximum Gasteiger partial charge on any atom is 0.268 e. The van der Waals surface area contributed by atoms with Gasteiger partial charge in [0.25, 0.3) is 5.91 Å². The molecular weight excluding hydrogens is 260 g/mol. The fourth-order valence-corrected chi connectivity index (χ4v) is 2.02. The van der Waals surface area contributed by atoms with Crippen LogP contribution in [0.2, 0.25) is 0 Å². The molecule has 1 aromatic carbocycles. The lowest BCUT2D eigenvalue weighted by Gasteiger charge is -2.32. The number of nitrogens with zero attached hydrogens (tertiary/aromatic N) is 1. The van der Waals surface area contributed by atoms with Crippen LogP contribution in [0, 0.1) is 0 Å². The second kappa shape index (κ2) is 5.81. The Bertz CT molecular complexity index is 530. The highest BCUT2D eigenvalue weighted by Crippen LogP contribution is 2.36. The Kier molecular flexibility index (Phi) is 4.12. The van der Waals surface area contributed by atoms with Crippen LogP contribution in [0.3, 0.4) is 0 Å². The Morgan fingerprint density at radius 2 is 2.25 bits per heavy atom. The van der Waals surface area contributed by atoms with Crippen molar-refractivity contribution >= 4 is 17.5 Å². The number of benzene rings is 1. The van der Waals surface area contributed by atoms with Gasteiger partial charge >= 0.3 is 0 Å². The zero-order chi connectivity index (χ0) is 14.7. The Morgan fingerprint density at radius 1 is 1.50 bits per heavy atom. The maximum atomic E-state index is 12.1. The van der Waals surface area contributed by atoms with E-state index in [1.165, 1.54) is 17.0 Å². The van der Waals surface area contributed by atoms with Crippen molar-refractivity contribution in [2.24, 2.45) is 0 Å². The van der Waals surface area contributed by atoms with Crippen LogP contribution in [0.25, 0.3) is 0 Å². The number of ether oxygens (including phenoxy) is 1. The van der Waals surface area contributed by atoms with Crippen LogP contribution in [0.1, 0.15) is 20.3 Å². The number of nitrogens with one attached hydrogen (secondary N) is 1. The van der Waals surface area contributed by atoms with Crippen LogP contribution in [0.4, 0.5) is 5.69 Å². The number of amides is 2. The van der Waals surface area contributed by atoms with Crippen molar-refractivity contribution in [2.75, 3.05) is 18.0 Å². The van der Waals surface area contributed by atoms with E-state index in [1.807, 2.05) is 6.92 Å². The molecule has 1 aromatic rings. The summed E-state index contributed by atoms with van der Waals surface area (Å²) < 4.78 is 5.46. The SMILES string of the molecule is CCCNC(=O)CN1C(=O)C(C)Oc2ccc(O)cc21. The van der Waals surface area contributed by atoms with Crippen LogP contribution in [0.15, 0.2) is 18.2 Å². The normalized spacial score (nSPS) is 17.4. The second-order valence-electron chi connectivity index (χ2n) is 4.69. The van der Waals surface area contributed by atoms with E-state index >= 15 is 0 Å². The van der Waals surface area contributed by atoms with Crippen molar-refractivity contribution in [2.45, 2.75) is 26.4 Å². The predicted molar refractivity (Wildman–Crippen MR) is 73.9 cm³/mol. The number of carbonyl (C=O) groups is 2. The van der Waals surface area contributed by atoms with Gasteiger partial charge in [-0.2, -0.15) is 0 Å². The van der Waals surface area contributed by atoms with E-state index in [4.69, 9.17) is 4.74 Å². The van der Waals surface area contributed by atoms with E-state index in [9.17, 15) is 14.7 Å². The molecule has 1 heterocycles. The van der Waals surface area contributed by atoms with Crippen molar-refractivity contribution in [1.82, 2.24) is 5.32 Å². The zero-order valence-electron chi connectivity index (χ0n) is 11.5. The molecule has 1 unspecified atom stereocenters. The van der Waals surface area contributed by atoms with Crippen LogP contribution in [-0.4, -0.2) is 36.1 Å². The number of phenols is 1. The summed E-state index contributed by atoms with van der Waals surface area (Å²) in [7, 11) is 0. The van der Waals surface area contributed by atoms with Gasteiger partial charge in [0.05, 0.1) is 5.69 Å². The van der Waals surface area contributed by atoms with Gasteiger partial charge < -0.3 is 15.2 Å². The number of rotatable bonds is 4. The minimum atomic E-state index is -0.647. The third-order valence-electron chi connectivity index (χ3n) is 3.02. The Morgan fingerprint density at radius 3 is 2.95 bits per heavy atom. The molecule has 0 bridgehead atoms. The first-order valence-corrected chi connectivity index (χ1v) is 6.60. The number of hydrogen-bond acceptors (Lipinski definition) is 4. The van der Waals surface area contributed by atoms with E-state index in [-0.39, 0.29) is 24.1 Å². The van der Waals surface area contributed by atoms with Gasteiger partial charge in [-0.25, -0.2) is 0 Å². The highest BCUT2D eigenvalue weighted by atomic mass is 16.5. The fourth-order valence-electron chi connectivity index (χ4n) is 2.02. The standard InChI is InChI=1S/C14H18N2O4/c1-3-6-15-13(18)8-16-11-7-10(17)4-5-12(11)20-9(2)14(16)19/h4-5,7,9,17H,3,6,8H2,1-2H3,(H,15,18). The molecule has 1 aliphatic rings. The van der Waals surface area contributed by atoms with Crippen LogP contribution in [0.5, 0.6) is 11.5 Å². The number of aromatic hydroxyl groups is 1. The summed E-state index contributed by atoms with van der Waals surface area (Å²) in [5, 5.41) is 12.3. The number of hydrogen-bond donors (Lipinski definition) is 2. The molecule has 2 amide bonds. The maximum absolute atomic E-state index is 12.1. The smallest absolute Gasteiger partial charge is 0.268 e. The average Bonchev–Trinajstić information content (AvgIpc) is 2.42. The van der Waals surface area contributed by atoms with E-state index in [0.717, 1.165) is 6.42 Å². The van der Waals surface area contributed by atoms with Gasteiger partial charge in [-0.3, -0.25) is 14.5 Å². The van der Waals surface area contributed by atoms with E-state index < -0.39 is 6.10 Å². The van der Waals surface area contributed by atoms with Gasteiger partial charge in [-0.15, -0.1) is 0 Å². The molecular formula is C14H18N2O4. The Hall–Kier alpha value is -2.24. The minimum absolute atomic E-state index is 0.0219. The number of anilines is 1. The molecule has 6 nitrogen and oxygen atoms in total. The molecule has 0 spiro atoms. The third kappa shape index (κ3) is 2.84. The molecule has 20 heavy (non-hydrogen) atoms. The lowest BCUT2D eigenvalue weighted by molar-refractivity contribution is -0.128. The summed E-state index contributed by atoms with van der Waals surface area (Å²) in [4.78, 5) is 25.3. The van der Waals surface area contributed by atoms with Crippen LogP contribution >= 0.6 is 0 Å². The molecule has 2 N–H and O–H groups in total. The lowest BCUT2D eigenvalue weighted by Crippen LogP contribution is -2.48. The second-order valence-corrected chi connectivity index (χ2v) is 4.69. The molecule has 0 aromatic heterocycles. The summed E-state index contributed by atoms with van der Waals surface area (Å²) in [6, 6.07) is 4.49. The summed E-state index contributed by atoms with van der Waals surface area (Å²) in [6.07, 6.45) is 0.183. The highest BCUT2D eigenvalue weighted by molar-refractivity contribution is 6.03. The Balaban J connectivity index is 2.24. The average molecular weight is 278 g/mol. The molecule has 0 fully saturated rings. The van der Waals surface area contributed by atoms with Crippen LogP contribution < -0.4 is 15.0 Å². The van der Waals surface area contributed by atoms with Crippen molar-refractivity contribution in [3.05, 3.63) is 18.2 Å². The van der Waals surface area contributed by atoms with Gasteiger partial charge in [0.2, 0.25) is 5.91 Å².